The molecule has 0 bridgehead atoms. The number of carbonyl (C=O) groups is 2. The molecule has 0 aliphatic rings. The van der Waals surface area contributed by atoms with Crippen molar-refractivity contribution in [2.24, 2.45) is 0 Å². The van der Waals surface area contributed by atoms with Crippen molar-refractivity contribution in [1.82, 2.24) is 20.1 Å². The number of hydrogen-bond donors (Lipinski definition) is 2. The van der Waals surface area contributed by atoms with Crippen LogP contribution in [0.5, 0.6) is 0 Å². The summed E-state index contributed by atoms with van der Waals surface area (Å²) in [6.45, 7) is 8.56. The fourth-order valence-corrected chi connectivity index (χ4v) is 4.09. The van der Waals surface area contributed by atoms with Crippen molar-refractivity contribution in [3.05, 3.63) is 59.7 Å². The predicted octanol–water partition coefficient (Wildman–Crippen LogP) is 4.59. The molecule has 0 saturated heterocycles. The lowest BCUT2D eigenvalue weighted by Crippen LogP contribution is -2.28. The van der Waals surface area contributed by atoms with Crippen LogP contribution in [-0.2, 0) is 16.1 Å². The zero-order valence-electron chi connectivity index (χ0n) is 18.9. The maximum absolute atomic E-state index is 12.5. The molecule has 0 aliphatic heterocycles. The molecule has 1 aromatic heterocycles. The number of anilines is 1. The lowest BCUT2D eigenvalue weighted by molar-refractivity contribution is -0.119. The highest BCUT2D eigenvalue weighted by atomic mass is 32.2. The SMILES string of the molecule is CCC(=O)Nc1ccc(C(C)NC(=O)CSc2nnc(-c3cccc(C)c3)n2CC)cc1. The minimum absolute atomic E-state index is 0.0263. The molecule has 0 spiro atoms. The Morgan fingerprint density at radius 2 is 1.81 bits per heavy atom. The van der Waals surface area contributed by atoms with Crippen LogP contribution in [-0.4, -0.2) is 32.3 Å². The number of thioether (sulfide) groups is 1. The number of carbonyl (C=O) groups excluding carboxylic acids is 2. The van der Waals surface area contributed by atoms with Gasteiger partial charge in [0.05, 0.1) is 11.8 Å². The Labute approximate surface area is 193 Å². The van der Waals surface area contributed by atoms with Crippen molar-refractivity contribution >= 4 is 29.3 Å². The molecular weight excluding hydrogens is 422 g/mol. The third-order valence-corrected chi connectivity index (χ3v) is 6.00. The van der Waals surface area contributed by atoms with Crippen LogP contribution in [0.25, 0.3) is 11.4 Å². The predicted molar refractivity (Wildman–Crippen MR) is 129 cm³/mol. The van der Waals surface area contributed by atoms with Crippen molar-refractivity contribution < 1.29 is 9.59 Å². The third kappa shape index (κ3) is 5.97. The molecule has 2 amide bonds. The molecule has 2 aromatic carbocycles. The molecule has 168 valence electrons. The van der Waals surface area contributed by atoms with Gasteiger partial charge in [0, 0.05) is 24.2 Å². The summed E-state index contributed by atoms with van der Waals surface area (Å²) in [5.74, 6) is 0.957. The second-order valence-electron chi connectivity index (χ2n) is 7.52. The first kappa shape index (κ1) is 23.5. The van der Waals surface area contributed by atoms with Gasteiger partial charge in [-0.25, -0.2) is 0 Å². The fourth-order valence-electron chi connectivity index (χ4n) is 3.28. The van der Waals surface area contributed by atoms with Crippen LogP contribution in [0.3, 0.4) is 0 Å². The maximum Gasteiger partial charge on any atom is 0.230 e. The monoisotopic (exact) mass is 451 g/mol. The summed E-state index contributed by atoms with van der Waals surface area (Å²) < 4.78 is 2.03. The fraction of sp³-hybridized carbons (Fsp3) is 0.333. The smallest absolute Gasteiger partial charge is 0.230 e. The summed E-state index contributed by atoms with van der Waals surface area (Å²) in [4.78, 5) is 24.0. The molecule has 0 aliphatic carbocycles. The third-order valence-electron chi connectivity index (χ3n) is 5.03. The molecule has 3 aromatic rings. The van der Waals surface area contributed by atoms with Crippen molar-refractivity contribution in [2.45, 2.75) is 51.9 Å². The van der Waals surface area contributed by atoms with E-state index in [0.29, 0.717) is 6.42 Å². The molecule has 0 saturated carbocycles. The van der Waals surface area contributed by atoms with Gasteiger partial charge in [0.15, 0.2) is 11.0 Å². The van der Waals surface area contributed by atoms with Gasteiger partial charge in [0.25, 0.3) is 0 Å². The number of rotatable bonds is 9. The van der Waals surface area contributed by atoms with Gasteiger partial charge in [-0.3, -0.25) is 9.59 Å². The highest BCUT2D eigenvalue weighted by molar-refractivity contribution is 7.99. The lowest BCUT2D eigenvalue weighted by atomic mass is 10.1. The Kier molecular flexibility index (Phi) is 8.05. The van der Waals surface area contributed by atoms with Crippen molar-refractivity contribution in [3.63, 3.8) is 0 Å². The van der Waals surface area contributed by atoms with Crippen molar-refractivity contribution in [2.75, 3.05) is 11.1 Å². The van der Waals surface area contributed by atoms with Crippen LogP contribution in [0.15, 0.2) is 53.7 Å². The number of amides is 2. The summed E-state index contributed by atoms with van der Waals surface area (Å²) in [5, 5.41) is 15.2. The van der Waals surface area contributed by atoms with E-state index in [1.165, 1.54) is 11.8 Å². The second kappa shape index (κ2) is 10.9. The van der Waals surface area contributed by atoms with Crippen LogP contribution in [0, 0.1) is 6.92 Å². The van der Waals surface area contributed by atoms with E-state index in [9.17, 15) is 9.59 Å². The number of aromatic nitrogens is 3. The Morgan fingerprint density at radius 3 is 2.47 bits per heavy atom. The topological polar surface area (TPSA) is 88.9 Å². The first-order valence-corrected chi connectivity index (χ1v) is 11.7. The van der Waals surface area contributed by atoms with Crippen LogP contribution in [0.4, 0.5) is 5.69 Å². The summed E-state index contributed by atoms with van der Waals surface area (Å²) in [5.41, 5.74) is 3.90. The standard InChI is InChI=1S/C24H29N5O2S/c1-5-21(30)26-20-12-10-18(11-13-20)17(4)25-22(31)15-32-24-28-27-23(29(24)6-2)19-9-7-8-16(3)14-19/h7-14,17H,5-6,15H2,1-4H3,(H,25,31)(H,26,30). The van der Waals surface area contributed by atoms with E-state index in [1.54, 1.807) is 0 Å². The van der Waals surface area contributed by atoms with E-state index in [4.69, 9.17) is 0 Å². The van der Waals surface area contributed by atoms with E-state index < -0.39 is 0 Å². The van der Waals surface area contributed by atoms with Crippen LogP contribution in [0.1, 0.15) is 44.4 Å². The van der Waals surface area contributed by atoms with Gasteiger partial charge in [0.2, 0.25) is 11.8 Å². The molecule has 2 N–H and O–H groups in total. The number of benzene rings is 2. The zero-order valence-corrected chi connectivity index (χ0v) is 19.7. The molecule has 1 unspecified atom stereocenters. The first-order valence-electron chi connectivity index (χ1n) is 10.7. The minimum Gasteiger partial charge on any atom is -0.349 e. The van der Waals surface area contributed by atoms with E-state index in [0.717, 1.165) is 39.9 Å². The first-order chi connectivity index (χ1) is 15.4. The van der Waals surface area contributed by atoms with Gasteiger partial charge in [0.1, 0.15) is 0 Å². The van der Waals surface area contributed by atoms with Gasteiger partial charge in [-0.1, -0.05) is 54.6 Å². The highest BCUT2D eigenvalue weighted by Gasteiger charge is 2.16. The summed E-state index contributed by atoms with van der Waals surface area (Å²) >= 11 is 1.38. The molecule has 0 radical (unpaired) electrons. The summed E-state index contributed by atoms with van der Waals surface area (Å²) in [6.07, 6.45) is 0.435. The molecule has 1 atom stereocenters. The molecule has 3 rings (SSSR count). The van der Waals surface area contributed by atoms with E-state index >= 15 is 0 Å². The van der Waals surface area contributed by atoms with E-state index in [1.807, 2.05) is 74.7 Å². The number of nitrogens with zero attached hydrogens (tertiary/aromatic N) is 3. The van der Waals surface area contributed by atoms with Crippen LogP contribution >= 0.6 is 11.8 Å². The van der Waals surface area contributed by atoms with Crippen LogP contribution in [0.2, 0.25) is 0 Å². The average Bonchev–Trinajstić information content (AvgIpc) is 3.21. The van der Waals surface area contributed by atoms with Crippen molar-refractivity contribution in [1.29, 1.82) is 0 Å². The quantitative estimate of drug-likeness (QED) is 0.465. The van der Waals surface area contributed by atoms with Crippen LogP contribution < -0.4 is 10.6 Å². The largest absolute Gasteiger partial charge is 0.349 e. The highest BCUT2D eigenvalue weighted by Crippen LogP contribution is 2.25. The normalized spacial score (nSPS) is 11.8. The Bertz CT molecular complexity index is 1080. The lowest BCUT2D eigenvalue weighted by Gasteiger charge is -2.15. The molecule has 7 nitrogen and oxygen atoms in total. The molecule has 32 heavy (non-hydrogen) atoms. The summed E-state index contributed by atoms with van der Waals surface area (Å²) in [7, 11) is 0. The summed E-state index contributed by atoms with van der Waals surface area (Å²) in [6, 6.07) is 15.5. The zero-order chi connectivity index (χ0) is 23.1. The Morgan fingerprint density at radius 1 is 1.06 bits per heavy atom. The van der Waals surface area contributed by atoms with E-state index in [2.05, 4.69) is 26.9 Å². The van der Waals surface area contributed by atoms with Gasteiger partial charge in [-0.15, -0.1) is 10.2 Å². The molecular formula is C24H29N5O2S. The van der Waals surface area contributed by atoms with Gasteiger partial charge >= 0.3 is 0 Å². The molecule has 0 fully saturated rings. The molecule has 1 heterocycles. The number of hydrogen-bond acceptors (Lipinski definition) is 5. The Hall–Kier alpha value is -3.13. The average molecular weight is 452 g/mol. The van der Waals surface area contributed by atoms with E-state index in [-0.39, 0.29) is 23.6 Å². The molecule has 8 heteroatoms. The maximum atomic E-state index is 12.5. The van der Waals surface area contributed by atoms with Crippen molar-refractivity contribution in [3.8, 4) is 11.4 Å². The Balaban J connectivity index is 1.58. The minimum atomic E-state index is -0.147. The number of aryl methyl sites for hydroxylation is 1. The number of nitrogens with one attached hydrogen (secondary N) is 2. The second-order valence-corrected chi connectivity index (χ2v) is 8.46. The van der Waals surface area contributed by atoms with Gasteiger partial charge < -0.3 is 15.2 Å². The van der Waals surface area contributed by atoms with Gasteiger partial charge in [-0.05, 0) is 44.5 Å². The van der Waals surface area contributed by atoms with Gasteiger partial charge in [-0.2, -0.15) is 0 Å².